The lowest BCUT2D eigenvalue weighted by Crippen LogP contribution is -2.39. The lowest BCUT2D eigenvalue weighted by atomic mass is 9.90. The first-order chi connectivity index (χ1) is 12.7. The summed E-state index contributed by atoms with van der Waals surface area (Å²) in [7, 11) is 0. The van der Waals surface area contributed by atoms with Crippen LogP contribution in [0.15, 0.2) is 48.5 Å². The van der Waals surface area contributed by atoms with Crippen molar-refractivity contribution < 1.29 is 9.59 Å². The highest BCUT2D eigenvalue weighted by atomic mass is 16.2. The number of amides is 1. The number of nitrogens with one attached hydrogen (secondary N) is 1. The standard InChI is InChI=1S/C22H26N2O2/c1-17-6-5-9-20(16-25)22(17)23-21(26)15-24-12-10-19(11-13-24)14-18-7-3-2-4-8-18/h2-9,16,19H,10-15H2,1H3,(H,23,26). The Morgan fingerprint density at radius 1 is 1.12 bits per heavy atom. The van der Waals surface area contributed by atoms with Gasteiger partial charge < -0.3 is 5.32 Å². The summed E-state index contributed by atoms with van der Waals surface area (Å²) >= 11 is 0. The number of hydrogen-bond donors (Lipinski definition) is 1. The molecule has 4 heteroatoms. The molecule has 1 aliphatic heterocycles. The molecular formula is C22H26N2O2. The molecular weight excluding hydrogens is 324 g/mol. The number of aldehydes is 1. The van der Waals surface area contributed by atoms with Gasteiger partial charge in [-0.1, -0.05) is 42.5 Å². The summed E-state index contributed by atoms with van der Waals surface area (Å²) in [5.41, 5.74) is 3.46. The zero-order valence-corrected chi connectivity index (χ0v) is 15.3. The van der Waals surface area contributed by atoms with Crippen LogP contribution in [-0.4, -0.2) is 36.7 Å². The molecule has 0 spiro atoms. The molecule has 2 aromatic rings. The van der Waals surface area contributed by atoms with Gasteiger partial charge in [-0.25, -0.2) is 0 Å². The highest BCUT2D eigenvalue weighted by molar-refractivity contribution is 5.98. The number of carbonyl (C=O) groups excluding carboxylic acids is 2. The molecule has 0 bridgehead atoms. The molecule has 1 N–H and O–H groups in total. The molecule has 136 valence electrons. The van der Waals surface area contributed by atoms with Crippen LogP contribution in [-0.2, 0) is 11.2 Å². The molecule has 0 radical (unpaired) electrons. The molecule has 4 nitrogen and oxygen atoms in total. The van der Waals surface area contributed by atoms with Gasteiger partial charge in [-0.2, -0.15) is 0 Å². The first-order valence-corrected chi connectivity index (χ1v) is 9.26. The van der Waals surface area contributed by atoms with Crippen LogP contribution in [0.2, 0.25) is 0 Å². The summed E-state index contributed by atoms with van der Waals surface area (Å²) < 4.78 is 0. The third kappa shape index (κ3) is 4.79. The minimum absolute atomic E-state index is 0.0519. The van der Waals surface area contributed by atoms with Gasteiger partial charge in [0.1, 0.15) is 0 Å². The molecule has 3 rings (SSSR count). The molecule has 0 aromatic heterocycles. The number of hydrogen-bond acceptors (Lipinski definition) is 3. The monoisotopic (exact) mass is 350 g/mol. The highest BCUT2D eigenvalue weighted by Gasteiger charge is 2.21. The summed E-state index contributed by atoms with van der Waals surface area (Å²) in [4.78, 5) is 25.8. The lowest BCUT2D eigenvalue weighted by molar-refractivity contribution is -0.117. The Kier molecular flexibility index (Phi) is 6.18. The van der Waals surface area contributed by atoms with Crippen molar-refractivity contribution in [1.29, 1.82) is 0 Å². The number of nitrogens with zero attached hydrogens (tertiary/aromatic N) is 1. The van der Waals surface area contributed by atoms with Crippen LogP contribution >= 0.6 is 0 Å². The summed E-state index contributed by atoms with van der Waals surface area (Å²) in [6, 6.07) is 16.1. The molecule has 1 heterocycles. The second-order valence-corrected chi connectivity index (χ2v) is 7.11. The van der Waals surface area contributed by atoms with Gasteiger partial charge in [-0.3, -0.25) is 14.5 Å². The molecule has 0 saturated carbocycles. The topological polar surface area (TPSA) is 49.4 Å². The fraction of sp³-hybridized carbons (Fsp3) is 0.364. The third-order valence-corrected chi connectivity index (χ3v) is 5.14. The Bertz CT molecular complexity index is 750. The largest absolute Gasteiger partial charge is 0.324 e. The molecule has 1 saturated heterocycles. The van der Waals surface area contributed by atoms with Gasteiger partial charge in [0.15, 0.2) is 6.29 Å². The number of aryl methyl sites for hydroxylation is 1. The molecule has 1 amide bonds. The fourth-order valence-corrected chi connectivity index (χ4v) is 3.64. The molecule has 2 aromatic carbocycles. The normalized spacial score (nSPS) is 15.6. The van der Waals surface area contributed by atoms with Crippen LogP contribution in [0.3, 0.4) is 0 Å². The van der Waals surface area contributed by atoms with E-state index in [0.29, 0.717) is 23.7 Å². The average Bonchev–Trinajstić information content (AvgIpc) is 2.66. The van der Waals surface area contributed by atoms with Crippen molar-refractivity contribution in [2.24, 2.45) is 5.92 Å². The van der Waals surface area contributed by atoms with Crippen molar-refractivity contribution >= 4 is 17.9 Å². The lowest BCUT2D eigenvalue weighted by Gasteiger charge is -2.31. The van der Waals surface area contributed by atoms with E-state index in [2.05, 4.69) is 40.5 Å². The molecule has 0 atom stereocenters. The Hall–Kier alpha value is -2.46. The smallest absolute Gasteiger partial charge is 0.238 e. The van der Waals surface area contributed by atoms with E-state index < -0.39 is 0 Å². The molecule has 0 unspecified atom stereocenters. The van der Waals surface area contributed by atoms with Crippen molar-refractivity contribution in [3.8, 4) is 0 Å². The Labute approximate surface area is 155 Å². The van der Waals surface area contributed by atoms with E-state index in [4.69, 9.17) is 0 Å². The fourth-order valence-electron chi connectivity index (χ4n) is 3.64. The molecule has 1 fully saturated rings. The first kappa shape index (κ1) is 18.3. The summed E-state index contributed by atoms with van der Waals surface area (Å²) in [5.74, 6) is 0.638. The van der Waals surface area contributed by atoms with Crippen LogP contribution < -0.4 is 5.32 Å². The van der Waals surface area contributed by atoms with Crippen molar-refractivity contribution in [2.75, 3.05) is 25.0 Å². The third-order valence-electron chi connectivity index (χ3n) is 5.14. The second kappa shape index (κ2) is 8.77. The zero-order valence-electron chi connectivity index (χ0n) is 15.3. The van der Waals surface area contributed by atoms with Gasteiger partial charge in [0.25, 0.3) is 0 Å². The van der Waals surface area contributed by atoms with Gasteiger partial charge in [0, 0.05) is 5.56 Å². The number of benzene rings is 2. The predicted octanol–water partition coefficient (Wildman–Crippen LogP) is 3.70. The number of para-hydroxylation sites is 1. The molecule has 0 aliphatic carbocycles. The number of anilines is 1. The number of rotatable bonds is 6. The average molecular weight is 350 g/mol. The second-order valence-electron chi connectivity index (χ2n) is 7.11. The van der Waals surface area contributed by atoms with Gasteiger partial charge >= 0.3 is 0 Å². The SMILES string of the molecule is Cc1cccc(C=O)c1NC(=O)CN1CCC(Cc2ccccc2)CC1. The van der Waals surface area contributed by atoms with Gasteiger partial charge in [-0.05, 0) is 62.4 Å². The van der Waals surface area contributed by atoms with E-state index in [-0.39, 0.29) is 5.91 Å². The van der Waals surface area contributed by atoms with E-state index in [1.165, 1.54) is 5.56 Å². The quantitative estimate of drug-likeness (QED) is 0.808. The van der Waals surface area contributed by atoms with E-state index in [1.54, 1.807) is 6.07 Å². The minimum Gasteiger partial charge on any atom is -0.324 e. The maximum atomic E-state index is 12.4. The van der Waals surface area contributed by atoms with Crippen LogP contribution in [0.5, 0.6) is 0 Å². The molecule has 1 aliphatic rings. The molecule has 26 heavy (non-hydrogen) atoms. The van der Waals surface area contributed by atoms with Crippen LogP contribution in [0.1, 0.15) is 34.3 Å². The van der Waals surface area contributed by atoms with Crippen LogP contribution in [0.4, 0.5) is 5.69 Å². The number of likely N-dealkylation sites (tertiary alicyclic amines) is 1. The van der Waals surface area contributed by atoms with E-state index in [0.717, 1.165) is 44.2 Å². The Morgan fingerprint density at radius 2 is 1.85 bits per heavy atom. The van der Waals surface area contributed by atoms with Crippen molar-refractivity contribution in [3.63, 3.8) is 0 Å². The zero-order chi connectivity index (χ0) is 18.4. The van der Waals surface area contributed by atoms with Crippen molar-refractivity contribution in [1.82, 2.24) is 4.90 Å². The maximum absolute atomic E-state index is 12.4. The van der Waals surface area contributed by atoms with Crippen molar-refractivity contribution in [2.45, 2.75) is 26.2 Å². The van der Waals surface area contributed by atoms with E-state index >= 15 is 0 Å². The van der Waals surface area contributed by atoms with Crippen molar-refractivity contribution in [3.05, 3.63) is 65.2 Å². The van der Waals surface area contributed by atoms with Gasteiger partial charge in [0.05, 0.1) is 12.2 Å². The Morgan fingerprint density at radius 3 is 2.54 bits per heavy atom. The number of piperidine rings is 1. The maximum Gasteiger partial charge on any atom is 0.238 e. The minimum atomic E-state index is -0.0519. The summed E-state index contributed by atoms with van der Waals surface area (Å²) in [5, 5.41) is 2.92. The number of carbonyl (C=O) groups is 2. The summed E-state index contributed by atoms with van der Waals surface area (Å²) in [6.45, 7) is 4.17. The predicted molar refractivity (Wildman–Crippen MR) is 105 cm³/mol. The van der Waals surface area contributed by atoms with Gasteiger partial charge in [0.2, 0.25) is 5.91 Å². The highest BCUT2D eigenvalue weighted by Crippen LogP contribution is 2.22. The first-order valence-electron chi connectivity index (χ1n) is 9.26. The van der Waals surface area contributed by atoms with E-state index in [9.17, 15) is 9.59 Å². The van der Waals surface area contributed by atoms with Crippen LogP contribution in [0.25, 0.3) is 0 Å². The summed E-state index contributed by atoms with van der Waals surface area (Å²) in [6.07, 6.45) is 4.14. The van der Waals surface area contributed by atoms with Crippen LogP contribution in [0, 0.1) is 12.8 Å². The van der Waals surface area contributed by atoms with E-state index in [1.807, 2.05) is 19.1 Å². The van der Waals surface area contributed by atoms with Gasteiger partial charge in [-0.15, -0.1) is 0 Å². The Balaban J connectivity index is 1.49.